The van der Waals surface area contributed by atoms with Gasteiger partial charge in [-0.05, 0) is 49.9 Å². The van der Waals surface area contributed by atoms with Gasteiger partial charge in [0.1, 0.15) is 0 Å². The van der Waals surface area contributed by atoms with E-state index in [2.05, 4.69) is 34.6 Å². The maximum Gasteiger partial charge on any atom is 0.0136 e. The predicted molar refractivity (Wildman–Crippen MR) is 72.5 cm³/mol. The van der Waals surface area contributed by atoms with Gasteiger partial charge >= 0.3 is 0 Å². The normalized spacial score (nSPS) is 32.6. The van der Waals surface area contributed by atoms with E-state index in [-0.39, 0.29) is 5.54 Å². The minimum atomic E-state index is 0.0477. The molecule has 1 heteroatoms. The monoisotopic (exact) mass is 225 g/mol. The van der Waals surface area contributed by atoms with Crippen LogP contribution in [0.25, 0.3) is 0 Å². The van der Waals surface area contributed by atoms with Gasteiger partial charge in [0.05, 0.1) is 0 Å². The van der Waals surface area contributed by atoms with Crippen molar-refractivity contribution in [1.29, 1.82) is 0 Å². The molecule has 0 heterocycles. The van der Waals surface area contributed by atoms with E-state index in [9.17, 15) is 0 Å². The van der Waals surface area contributed by atoms with Crippen LogP contribution in [0.2, 0.25) is 0 Å². The zero-order valence-electron chi connectivity index (χ0n) is 12.0. The van der Waals surface area contributed by atoms with Crippen molar-refractivity contribution in [3.8, 4) is 0 Å². The molecule has 0 saturated heterocycles. The summed E-state index contributed by atoms with van der Waals surface area (Å²) in [5.41, 5.74) is 7.48. The molecule has 0 radical (unpaired) electrons. The van der Waals surface area contributed by atoms with E-state index in [0.717, 1.165) is 0 Å². The summed E-state index contributed by atoms with van der Waals surface area (Å²) in [5.74, 6) is 0. The largest absolute Gasteiger partial charge is 0.325 e. The van der Waals surface area contributed by atoms with E-state index in [1.807, 2.05) is 0 Å². The lowest BCUT2D eigenvalue weighted by atomic mass is 9.55. The number of nitrogens with two attached hydrogens (primary N) is 1. The highest BCUT2D eigenvalue weighted by atomic mass is 14.8. The molecule has 0 aromatic carbocycles. The van der Waals surface area contributed by atoms with Gasteiger partial charge in [0, 0.05) is 5.54 Å². The predicted octanol–water partition coefficient (Wildman–Crippen LogP) is 4.50. The van der Waals surface area contributed by atoms with E-state index in [1.165, 1.54) is 44.9 Å². The van der Waals surface area contributed by atoms with Gasteiger partial charge in [-0.3, -0.25) is 0 Å². The minimum Gasteiger partial charge on any atom is -0.325 e. The molecule has 0 aromatic rings. The van der Waals surface area contributed by atoms with Gasteiger partial charge in [0.25, 0.3) is 0 Å². The lowest BCUT2D eigenvalue weighted by Gasteiger charge is -2.52. The molecule has 1 rings (SSSR count). The van der Waals surface area contributed by atoms with Crippen LogP contribution in [-0.4, -0.2) is 5.54 Å². The standard InChI is InChI=1S/C15H31N/c1-6-8-15(9-7-2)11-13(3,4)10-14(5,16)12-15/h6-12,16H2,1-5H3. The quantitative estimate of drug-likeness (QED) is 0.749. The molecule has 1 unspecified atom stereocenters. The topological polar surface area (TPSA) is 26.0 Å². The first-order valence-electron chi connectivity index (χ1n) is 7.03. The third kappa shape index (κ3) is 3.48. The molecule has 0 aliphatic heterocycles. The summed E-state index contributed by atoms with van der Waals surface area (Å²) in [6.07, 6.45) is 9.08. The second-order valence-electron chi connectivity index (χ2n) is 7.35. The number of rotatable bonds is 4. The zero-order chi connectivity index (χ0) is 12.4. The maximum atomic E-state index is 6.49. The first-order valence-corrected chi connectivity index (χ1v) is 7.03. The Hall–Kier alpha value is -0.0400. The molecular formula is C15H31N. The minimum absolute atomic E-state index is 0.0477. The molecule has 96 valence electrons. The summed E-state index contributed by atoms with van der Waals surface area (Å²) in [4.78, 5) is 0. The van der Waals surface area contributed by atoms with Crippen LogP contribution < -0.4 is 5.73 Å². The summed E-state index contributed by atoms with van der Waals surface area (Å²) < 4.78 is 0. The van der Waals surface area contributed by atoms with Crippen molar-refractivity contribution < 1.29 is 0 Å². The highest BCUT2D eigenvalue weighted by Crippen LogP contribution is 2.53. The second kappa shape index (κ2) is 4.68. The van der Waals surface area contributed by atoms with Crippen LogP contribution in [-0.2, 0) is 0 Å². The summed E-state index contributed by atoms with van der Waals surface area (Å²) in [7, 11) is 0. The highest BCUT2D eigenvalue weighted by Gasteiger charge is 2.46. The van der Waals surface area contributed by atoms with Crippen LogP contribution in [0, 0.1) is 10.8 Å². The van der Waals surface area contributed by atoms with Gasteiger partial charge in [0.2, 0.25) is 0 Å². The van der Waals surface area contributed by atoms with Crippen molar-refractivity contribution in [1.82, 2.24) is 0 Å². The van der Waals surface area contributed by atoms with E-state index in [0.29, 0.717) is 10.8 Å². The molecule has 2 N–H and O–H groups in total. The van der Waals surface area contributed by atoms with Crippen molar-refractivity contribution >= 4 is 0 Å². The maximum absolute atomic E-state index is 6.49. The third-order valence-corrected chi connectivity index (χ3v) is 4.08. The van der Waals surface area contributed by atoms with Crippen LogP contribution >= 0.6 is 0 Å². The van der Waals surface area contributed by atoms with E-state index < -0.39 is 0 Å². The second-order valence-corrected chi connectivity index (χ2v) is 7.35. The Morgan fingerprint density at radius 1 is 0.875 bits per heavy atom. The molecule has 1 aliphatic carbocycles. The zero-order valence-corrected chi connectivity index (χ0v) is 12.0. The molecular weight excluding hydrogens is 194 g/mol. The Morgan fingerprint density at radius 2 is 1.38 bits per heavy atom. The van der Waals surface area contributed by atoms with Gasteiger partial charge < -0.3 is 5.73 Å². The molecule has 1 nitrogen and oxygen atoms in total. The molecule has 1 aliphatic rings. The Labute approximate surface area is 102 Å². The van der Waals surface area contributed by atoms with Crippen molar-refractivity contribution in [2.45, 2.75) is 85.1 Å². The summed E-state index contributed by atoms with van der Waals surface area (Å²) >= 11 is 0. The Balaban J connectivity index is 2.90. The fraction of sp³-hybridized carbons (Fsp3) is 1.00. The summed E-state index contributed by atoms with van der Waals surface area (Å²) in [6, 6.07) is 0. The van der Waals surface area contributed by atoms with Gasteiger partial charge in [-0.15, -0.1) is 0 Å². The third-order valence-electron chi connectivity index (χ3n) is 4.08. The van der Waals surface area contributed by atoms with Crippen LogP contribution in [0.3, 0.4) is 0 Å². The molecule has 1 atom stereocenters. The number of hydrogen-bond donors (Lipinski definition) is 1. The molecule has 0 amide bonds. The molecule has 0 spiro atoms. The Bertz CT molecular complexity index is 204. The Kier molecular flexibility index (Phi) is 4.10. The smallest absolute Gasteiger partial charge is 0.0136 e. The van der Waals surface area contributed by atoms with Crippen molar-refractivity contribution in [2.75, 3.05) is 0 Å². The van der Waals surface area contributed by atoms with E-state index in [4.69, 9.17) is 5.73 Å². The van der Waals surface area contributed by atoms with Crippen molar-refractivity contribution in [3.05, 3.63) is 0 Å². The number of hydrogen-bond acceptors (Lipinski definition) is 1. The van der Waals surface area contributed by atoms with Gasteiger partial charge in [-0.1, -0.05) is 40.5 Å². The lowest BCUT2D eigenvalue weighted by molar-refractivity contribution is 0.0173. The average Bonchev–Trinajstić information content (AvgIpc) is 1.97. The molecule has 0 aromatic heterocycles. The van der Waals surface area contributed by atoms with Crippen molar-refractivity contribution in [3.63, 3.8) is 0 Å². The first kappa shape index (κ1) is 14.0. The molecule has 1 saturated carbocycles. The van der Waals surface area contributed by atoms with Gasteiger partial charge in [0.15, 0.2) is 0 Å². The van der Waals surface area contributed by atoms with E-state index in [1.54, 1.807) is 0 Å². The molecule has 1 fully saturated rings. The van der Waals surface area contributed by atoms with Gasteiger partial charge in [-0.2, -0.15) is 0 Å². The average molecular weight is 225 g/mol. The SMILES string of the molecule is CCCC1(CCC)CC(C)(C)CC(C)(N)C1. The molecule has 16 heavy (non-hydrogen) atoms. The molecule has 0 bridgehead atoms. The van der Waals surface area contributed by atoms with Crippen molar-refractivity contribution in [2.24, 2.45) is 16.6 Å². The van der Waals surface area contributed by atoms with Gasteiger partial charge in [-0.25, -0.2) is 0 Å². The van der Waals surface area contributed by atoms with E-state index >= 15 is 0 Å². The fourth-order valence-electron chi connectivity index (χ4n) is 4.69. The Morgan fingerprint density at radius 3 is 1.75 bits per heavy atom. The van der Waals surface area contributed by atoms with Crippen LogP contribution in [0.15, 0.2) is 0 Å². The van der Waals surface area contributed by atoms with Crippen LogP contribution in [0.5, 0.6) is 0 Å². The lowest BCUT2D eigenvalue weighted by Crippen LogP contribution is -2.51. The van der Waals surface area contributed by atoms with Crippen LogP contribution in [0.1, 0.15) is 79.6 Å². The summed E-state index contributed by atoms with van der Waals surface area (Å²) in [6.45, 7) is 11.7. The van der Waals surface area contributed by atoms with Crippen LogP contribution in [0.4, 0.5) is 0 Å². The highest BCUT2D eigenvalue weighted by molar-refractivity contribution is 5.01. The first-order chi connectivity index (χ1) is 7.24. The fourth-order valence-corrected chi connectivity index (χ4v) is 4.69. The summed E-state index contributed by atoms with van der Waals surface area (Å²) in [5, 5.41) is 0.